The molecule has 3 N–H and O–H groups in total. The molecular formula is C18H18N2O5. The molecule has 7 nitrogen and oxygen atoms in total. The average Bonchev–Trinajstić information content (AvgIpc) is 3.12. The van der Waals surface area contributed by atoms with Crippen molar-refractivity contribution in [1.82, 2.24) is 4.98 Å². The van der Waals surface area contributed by atoms with Gasteiger partial charge in [0, 0.05) is 6.61 Å². The largest absolute Gasteiger partial charge is 0.504 e. The predicted molar refractivity (Wildman–Crippen MR) is 89.6 cm³/mol. The van der Waals surface area contributed by atoms with E-state index in [0.717, 1.165) is 12.0 Å². The number of nitrogens with one attached hydrogen (secondary N) is 1. The molecule has 3 rings (SSSR count). The van der Waals surface area contributed by atoms with Crippen molar-refractivity contribution in [3.05, 3.63) is 53.3 Å². The molecule has 0 saturated carbocycles. The number of hydrogen-bond acceptors (Lipinski definition) is 5. The number of nitrogens with zero attached hydrogens (tertiary/aromatic N) is 1. The Labute approximate surface area is 144 Å². The van der Waals surface area contributed by atoms with Crippen LogP contribution in [-0.2, 0) is 16.0 Å². The van der Waals surface area contributed by atoms with Gasteiger partial charge in [0.15, 0.2) is 11.4 Å². The predicted octanol–water partition coefficient (Wildman–Crippen LogP) is 2.52. The molecule has 25 heavy (non-hydrogen) atoms. The minimum atomic E-state index is -1.36. The van der Waals surface area contributed by atoms with Gasteiger partial charge in [-0.15, -0.1) is 0 Å². The lowest BCUT2D eigenvalue weighted by atomic mass is 10.1. The Morgan fingerprint density at radius 1 is 1.28 bits per heavy atom. The Morgan fingerprint density at radius 3 is 2.68 bits per heavy atom. The molecule has 0 aliphatic carbocycles. The zero-order valence-electron chi connectivity index (χ0n) is 13.4. The standard InChI is InChI=1S/C18H18N2O5/c21-15(9-11-5-2-1-3-6-11)19-13-10-12(14-7-4-8-25-14)20-16(17(13)22)18(23)24/h1-3,5-6,10,14,22H,4,7-9H2,(H,23,24)(H,19,20,21). The molecule has 1 aromatic carbocycles. The van der Waals surface area contributed by atoms with Gasteiger partial charge in [-0.05, 0) is 24.5 Å². The number of aromatic nitrogens is 1. The first-order chi connectivity index (χ1) is 12.0. The minimum absolute atomic E-state index is 0.0267. The van der Waals surface area contributed by atoms with E-state index in [9.17, 15) is 19.8 Å². The summed E-state index contributed by atoms with van der Waals surface area (Å²) < 4.78 is 5.52. The summed E-state index contributed by atoms with van der Waals surface area (Å²) in [5, 5.41) is 22.0. The zero-order chi connectivity index (χ0) is 17.8. The first kappa shape index (κ1) is 16.9. The average molecular weight is 342 g/mol. The van der Waals surface area contributed by atoms with E-state index in [1.165, 1.54) is 6.07 Å². The summed E-state index contributed by atoms with van der Waals surface area (Å²) in [5.74, 6) is -2.28. The summed E-state index contributed by atoms with van der Waals surface area (Å²) in [4.78, 5) is 27.5. The summed E-state index contributed by atoms with van der Waals surface area (Å²) in [7, 11) is 0. The normalized spacial score (nSPS) is 16.6. The number of aromatic hydroxyl groups is 1. The van der Waals surface area contributed by atoms with E-state index in [-0.39, 0.29) is 24.1 Å². The highest BCUT2D eigenvalue weighted by Crippen LogP contribution is 2.34. The van der Waals surface area contributed by atoms with Crippen LogP contribution in [0, 0.1) is 0 Å². The van der Waals surface area contributed by atoms with E-state index in [1.807, 2.05) is 30.3 Å². The van der Waals surface area contributed by atoms with Crippen molar-refractivity contribution in [2.24, 2.45) is 0 Å². The second-order valence-electron chi connectivity index (χ2n) is 5.81. The van der Waals surface area contributed by atoms with Crippen LogP contribution in [0.3, 0.4) is 0 Å². The van der Waals surface area contributed by atoms with Crippen LogP contribution in [0.2, 0.25) is 0 Å². The lowest BCUT2D eigenvalue weighted by Gasteiger charge is -2.14. The molecule has 0 radical (unpaired) electrons. The third-order valence-corrected chi connectivity index (χ3v) is 3.96. The summed E-state index contributed by atoms with van der Waals surface area (Å²) in [6.07, 6.45) is 1.35. The van der Waals surface area contributed by atoms with E-state index in [1.54, 1.807) is 0 Å². The fourth-order valence-electron chi connectivity index (χ4n) is 2.75. The molecule has 1 amide bonds. The van der Waals surface area contributed by atoms with Crippen LogP contribution in [0.5, 0.6) is 5.75 Å². The van der Waals surface area contributed by atoms with Gasteiger partial charge in [-0.2, -0.15) is 0 Å². The van der Waals surface area contributed by atoms with Gasteiger partial charge in [0.1, 0.15) is 0 Å². The monoisotopic (exact) mass is 342 g/mol. The lowest BCUT2D eigenvalue weighted by molar-refractivity contribution is -0.115. The van der Waals surface area contributed by atoms with Gasteiger partial charge >= 0.3 is 5.97 Å². The number of pyridine rings is 1. The Morgan fingerprint density at radius 2 is 2.04 bits per heavy atom. The number of benzene rings is 1. The summed E-state index contributed by atoms with van der Waals surface area (Å²) >= 11 is 0. The van der Waals surface area contributed by atoms with E-state index < -0.39 is 17.4 Å². The third-order valence-electron chi connectivity index (χ3n) is 3.96. The smallest absolute Gasteiger partial charge is 0.358 e. The second-order valence-corrected chi connectivity index (χ2v) is 5.81. The molecule has 7 heteroatoms. The molecule has 1 aliphatic rings. The molecule has 1 atom stereocenters. The van der Waals surface area contributed by atoms with Crippen molar-refractivity contribution >= 4 is 17.6 Å². The van der Waals surface area contributed by atoms with E-state index in [0.29, 0.717) is 18.7 Å². The lowest BCUT2D eigenvalue weighted by Crippen LogP contribution is -2.16. The molecule has 2 aromatic rings. The molecule has 1 fully saturated rings. The van der Waals surface area contributed by atoms with E-state index in [4.69, 9.17) is 4.74 Å². The van der Waals surface area contributed by atoms with Crippen molar-refractivity contribution < 1.29 is 24.5 Å². The Kier molecular flexibility index (Phi) is 4.95. The van der Waals surface area contributed by atoms with Crippen LogP contribution in [0.4, 0.5) is 5.69 Å². The van der Waals surface area contributed by atoms with Gasteiger partial charge in [0.25, 0.3) is 0 Å². The summed E-state index contributed by atoms with van der Waals surface area (Å²) in [6, 6.07) is 10.6. The van der Waals surface area contributed by atoms with Crippen LogP contribution < -0.4 is 5.32 Å². The number of amides is 1. The van der Waals surface area contributed by atoms with E-state index in [2.05, 4.69) is 10.3 Å². The number of hydrogen-bond donors (Lipinski definition) is 3. The topological polar surface area (TPSA) is 109 Å². The van der Waals surface area contributed by atoms with E-state index >= 15 is 0 Å². The molecule has 0 spiro atoms. The first-order valence-electron chi connectivity index (χ1n) is 7.97. The van der Waals surface area contributed by atoms with Gasteiger partial charge in [-0.3, -0.25) is 4.79 Å². The van der Waals surface area contributed by atoms with Crippen molar-refractivity contribution in [3.8, 4) is 5.75 Å². The molecule has 2 heterocycles. The molecule has 1 aliphatic heterocycles. The SMILES string of the molecule is O=C(Cc1ccccc1)Nc1cc(C2CCCO2)nc(C(=O)O)c1O. The maximum absolute atomic E-state index is 12.2. The second kappa shape index (κ2) is 7.31. The molecular weight excluding hydrogens is 324 g/mol. The van der Waals surface area contributed by atoms with Crippen molar-refractivity contribution in [2.45, 2.75) is 25.4 Å². The fourth-order valence-corrected chi connectivity index (χ4v) is 2.75. The number of carbonyl (C=O) groups excluding carboxylic acids is 1. The number of ether oxygens (including phenoxy) is 1. The van der Waals surface area contributed by atoms with Crippen molar-refractivity contribution in [1.29, 1.82) is 0 Å². The molecule has 1 unspecified atom stereocenters. The van der Waals surface area contributed by atoms with Gasteiger partial charge < -0.3 is 20.3 Å². The van der Waals surface area contributed by atoms with Gasteiger partial charge in [-0.25, -0.2) is 9.78 Å². The molecule has 0 bridgehead atoms. The maximum Gasteiger partial charge on any atom is 0.358 e. The quantitative estimate of drug-likeness (QED) is 0.770. The maximum atomic E-state index is 12.2. The van der Waals surface area contributed by atoms with Crippen molar-refractivity contribution in [3.63, 3.8) is 0 Å². The molecule has 1 saturated heterocycles. The minimum Gasteiger partial charge on any atom is -0.504 e. The fraction of sp³-hybridized carbons (Fsp3) is 0.278. The number of rotatable bonds is 5. The number of aromatic carboxylic acids is 1. The summed E-state index contributed by atoms with van der Waals surface area (Å²) in [5.41, 5.74) is 0.732. The van der Waals surface area contributed by atoms with Gasteiger partial charge in [0.2, 0.25) is 5.91 Å². The van der Waals surface area contributed by atoms with Crippen LogP contribution in [-0.4, -0.2) is 33.7 Å². The van der Waals surface area contributed by atoms with Crippen LogP contribution in [0.1, 0.15) is 40.7 Å². The number of carboxylic acid groups (broad SMARTS) is 1. The Hall–Kier alpha value is -2.93. The zero-order valence-corrected chi connectivity index (χ0v) is 13.4. The Bertz CT molecular complexity index is 786. The highest BCUT2D eigenvalue weighted by molar-refractivity contribution is 5.97. The van der Waals surface area contributed by atoms with Gasteiger partial charge in [0.05, 0.1) is 23.9 Å². The van der Waals surface area contributed by atoms with Crippen LogP contribution >= 0.6 is 0 Å². The summed E-state index contributed by atoms with van der Waals surface area (Å²) in [6.45, 7) is 0.575. The number of carboxylic acids is 1. The highest BCUT2D eigenvalue weighted by atomic mass is 16.5. The molecule has 130 valence electrons. The number of anilines is 1. The van der Waals surface area contributed by atoms with Crippen LogP contribution in [0.15, 0.2) is 36.4 Å². The van der Waals surface area contributed by atoms with Crippen molar-refractivity contribution in [2.75, 3.05) is 11.9 Å². The molecule has 1 aromatic heterocycles. The van der Waals surface area contributed by atoms with Crippen LogP contribution in [0.25, 0.3) is 0 Å². The number of carbonyl (C=O) groups is 2. The Balaban J connectivity index is 1.86. The highest BCUT2D eigenvalue weighted by Gasteiger charge is 2.25. The van der Waals surface area contributed by atoms with Gasteiger partial charge in [-0.1, -0.05) is 30.3 Å². The third kappa shape index (κ3) is 3.95. The first-order valence-corrected chi connectivity index (χ1v) is 7.97.